The van der Waals surface area contributed by atoms with Crippen LogP contribution in [0.15, 0.2) is 0 Å². The highest BCUT2D eigenvalue weighted by Crippen LogP contribution is 2.14. The maximum Gasteiger partial charge on any atom is 0.236 e. The molecule has 18 heavy (non-hydrogen) atoms. The number of amides is 1. The van der Waals surface area contributed by atoms with E-state index in [0.29, 0.717) is 18.5 Å². The van der Waals surface area contributed by atoms with Crippen LogP contribution in [0.2, 0.25) is 0 Å². The summed E-state index contributed by atoms with van der Waals surface area (Å²) in [6.45, 7) is 6.47. The van der Waals surface area contributed by atoms with Crippen molar-refractivity contribution < 1.29 is 4.79 Å². The van der Waals surface area contributed by atoms with Gasteiger partial charge >= 0.3 is 0 Å². The fraction of sp³-hybridized carbons (Fsp3) is 0.923. The molecule has 2 rings (SSSR count). The summed E-state index contributed by atoms with van der Waals surface area (Å²) in [6.07, 6.45) is 2.22. The Balaban J connectivity index is 1.73. The Labute approximate surface area is 110 Å². The van der Waals surface area contributed by atoms with E-state index in [0.717, 1.165) is 52.1 Å². The van der Waals surface area contributed by atoms with Gasteiger partial charge in [-0.1, -0.05) is 0 Å². The maximum atomic E-state index is 12.2. The quantitative estimate of drug-likeness (QED) is 0.733. The summed E-state index contributed by atoms with van der Waals surface area (Å²) in [5.74, 6) is 0.314. The molecule has 104 valence electrons. The van der Waals surface area contributed by atoms with Crippen molar-refractivity contribution in [1.82, 2.24) is 20.0 Å². The van der Waals surface area contributed by atoms with Crippen LogP contribution in [0.4, 0.5) is 0 Å². The van der Waals surface area contributed by atoms with Crippen LogP contribution in [0.5, 0.6) is 0 Å². The summed E-state index contributed by atoms with van der Waals surface area (Å²) in [6, 6.07) is 0.647. The second-order valence-corrected chi connectivity index (χ2v) is 5.60. The Morgan fingerprint density at radius 1 is 1.17 bits per heavy atom. The Hall–Kier alpha value is -0.650. The standard InChI is InChI=1S/C13H26N4O/c1-15(2)12-3-7-17(8-4-12)13(18)11-16-9-5-14-6-10-16/h12,14H,3-11H2,1-2H3. The van der Waals surface area contributed by atoms with E-state index in [9.17, 15) is 4.79 Å². The summed E-state index contributed by atoms with van der Waals surface area (Å²) >= 11 is 0. The number of hydrogen-bond acceptors (Lipinski definition) is 4. The number of nitrogens with zero attached hydrogens (tertiary/aromatic N) is 3. The zero-order valence-corrected chi connectivity index (χ0v) is 11.7. The van der Waals surface area contributed by atoms with Gasteiger partial charge in [-0.2, -0.15) is 0 Å². The molecule has 0 bridgehead atoms. The van der Waals surface area contributed by atoms with Gasteiger partial charge in [0, 0.05) is 45.3 Å². The number of piperidine rings is 1. The molecule has 0 spiro atoms. The van der Waals surface area contributed by atoms with Gasteiger partial charge in [-0.15, -0.1) is 0 Å². The van der Waals surface area contributed by atoms with Crippen molar-refractivity contribution in [1.29, 1.82) is 0 Å². The van der Waals surface area contributed by atoms with Gasteiger partial charge in [0.1, 0.15) is 0 Å². The van der Waals surface area contributed by atoms with Gasteiger partial charge in [-0.3, -0.25) is 9.69 Å². The van der Waals surface area contributed by atoms with Crippen LogP contribution < -0.4 is 5.32 Å². The monoisotopic (exact) mass is 254 g/mol. The normalized spacial score (nSPS) is 23.6. The van der Waals surface area contributed by atoms with Gasteiger partial charge in [0.2, 0.25) is 5.91 Å². The lowest BCUT2D eigenvalue weighted by Gasteiger charge is -2.36. The molecule has 2 aliphatic rings. The van der Waals surface area contributed by atoms with Gasteiger partial charge in [0.05, 0.1) is 6.54 Å². The lowest BCUT2D eigenvalue weighted by molar-refractivity contribution is -0.134. The van der Waals surface area contributed by atoms with Crippen molar-refractivity contribution in [2.75, 3.05) is 59.9 Å². The Kier molecular flexibility index (Phi) is 4.97. The first kappa shape index (κ1) is 13.8. The van der Waals surface area contributed by atoms with Gasteiger partial charge in [-0.25, -0.2) is 0 Å². The van der Waals surface area contributed by atoms with Crippen LogP contribution in [0, 0.1) is 0 Å². The minimum atomic E-state index is 0.314. The van der Waals surface area contributed by atoms with E-state index >= 15 is 0 Å². The van der Waals surface area contributed by atoms with E-state index < -0.39 is 0 Å². The van der Waals surface area contributed by atoms with Crippen LogP contribution in [0.25, 0.3) is 0 Å². The molecule has 5 nitrogen and oxygen atoms in total. The molecule has 0 aliphatic carbocycles. The maximum absolute atomic E-state index is 12.2. The smallest absolute Gasteiger partial charge is 0.236 e. The highest BCUT2D eigenvalue weighted by atomic mass is 16.2. The highest BCUT2D eigenvalue weighted by Gasteiger charge is 2.25. The predicted octanol–water partition coefficient (Wildman–Crippen LogP) is -0.556. The number of piperazine rings is 1. The molecular weight excluding hydrogens is 228 g/mol. The average Bonchev–Trinajstić information content (AvgIpc) is 2.40. The minimum Gasteiger partial charge on any atom is -0.341 e. The van der Waals surface area contributed by atoms with Crippen molar-refractivity contribution in [3.8, 4) is 0 Å². The van der Waals surface area contributed by atoms with Gasteiger partial charge < -0.3 is 15.1 Å². The van der Waals surface area contributed by atoms with E-state index in [1.54, 1.807) is 0 Å². The summed E-state index contributed by atoms with van der Waals surface area (Å²) in [5.41, 5.74) is 0. The average molecular weight is 254 g/mol. The molecule has 0 atom stereocenters. The second kappa shape index (κ2) is 6.50. The minimum absolute atomic E-state index is 0.314. The molecule has 0 unspecified atom stereocenters. The fourth-order valence-electron chi connectivity index (χ4n) is 2.79. The summed E-state index contributed by atoms with van der Waals surface area (Å²) in [4.78, 5) is 18.8. The van der Waals surface area contributed by atoms with Crippen LogP contribution >= 0.6 is 0 Å². The number of nitrogens with one attached hydrogen (secondary N) is 1. The van der Waals surface area contributed by atoms with E-state index in [1.165, 1.54) is 0 Å². The number of rotatable bonds is 3. The van der Waals surface area contributed by atoms with Crippen molar-refractivity contribution in [2.24, 2.45) is 0 Å². The Bertz CT molecular complexity index is 268. The lowest BCUT2D eigenvalue weighted by atomic mass is 10.0. The van der Waals surface area contributed by atoms with Crippen molar-refractivity contribution >= 4 is 5.91 Å². The summed E-state index contributed by atoms with van der Waals surface area (Å²) < 4.78 is 0. The zero-order chi connectivity index (χ0) is 13.0. The van der Waals surface area contributed by atoms with E-state index in [1.807, 2.05) is 4.90 Å². The molecule has 0 radical (unpaired) electrons. The third kappa shape index (κ3) is 3.67. The lowest BCUT2D eigenvalue weighted by Crippen LogP contribution is -2.51. The van der Waals surface area contributed by atoms with Crippen LogP contribution in [0.1, 0.15) is 12.8 Å². The second-order valence-electron chi connectivity index (χ2n) is 5.60. The van der Waals surface area contributed by atoms with Crippen LogP contribution in [-0.4, -0.2) is 86.6 Å². The first-order valence-electron chi connectivity index (χ1n) is 7.04. The molecule has 0 aromatic heterocycles. The molecule has 1 amide bonds. The number of carbonyl (C=O) groups excluding carboxylic acids is 1. The number of carbonyl (C=O) groups is 1. The molecule has 0 aromatic rings. The number of likely N-dealkylation sites (tertiary alicyclic amines) is 1. The third-order valence-corrected chi connectivity index (χ3v) is 4.12. The summed E-state index contributed by atoms with van der Waals surface area (Å²) in [7, 11) is 4.26. The Morgan fingerprint density at radius 3 is 2.33 bits per heavy atom. The van der Waals surface area contributed by atoms with E-state index in [-0.39, 0.29) is 0 Å². The van der Waals surface area contributed by atoms with Crippen LogP contribution in [-0.2, 0) is 4.79 Å². The van der Waals surface area contributed by atoms with Gasteiger partial charge in [0.25, 0.3) is 0 Å². The SMILES string of the molecule is CN(C)C1CCN(C(=O)CN2CCNCC2)CC1. The molecular formula is C13H26N4O. The molecule has 0 saturated carbocycles. The molecule has 2 aliphatic heterocycles. The van der Waals surface area contributed by atoms with Crippen LogP contribution in [0.3, 0.4) is 0 Å². The number of hydrogen-bond donors (Lipinski definition) is 1. The first-order chi connectivity index (χ1) is 8.66. The fourth-order valence-corrected chi connectivity index (χ4v) is 2.79. The highest BCUT2D eigenvalue weighted by molar-refractivity contribution is 5.78. The van der Waals surface area contributed by atoms with Gasteiger partial charge in [0.15, 0.2) is 0 Å². The predicted molar refractivity (Wildman–Crippen MR) is 72.6 cm³/mol. The summed E-state index contributed by atoms with van der Waals surface area (Å²) in [5, 5.41) is 3.31. The van der Waals surface area contributed by atoms with Gasteiger partial charge in [-0.05, 0) is 26.9 Å². The molecule has 1 N–H and O–H groups in total. The third-order valence-electron chi connectivity index (χ3n) is 4.12. The van der Waals surface area contributed by atoms with E-state index in [2.05, 4.69) is 29.2 Å². The van der Waals surface area contributed by atoms with E-state index in [4.69, 9.17) is 0 Å². The molecule has 2 fully saturated rings. The Morgan fingerprint density at radius 2 is 1.78 bits per heavy atom. The first-order valence-corrected chi connectivity index (χ1v) is 7.04. The van der Waals surface area contributed by atoms with Crippen molar-refractivity contribution in [3.63, 3.8) is 0 Å². The van der Waals surface area contributed by atoms with Crippen molar-refractivity contribution in [3.05, 3.63) is 0 Å². The molecule has 2 saturated heterocycles. The molecule has 2 heterocycles. The topological polar surface area (TPSA) is 38.8 Å². The van der Waals surface area contributed by atoms with Crippen molar-refractivity contribution in [2.45, 2.75) is 18.9 Å². The molecule has 0 aromatic carbocycles. The molecule has 5 heteroatoms. The largest absolute Gasteiger partial charge is 0.341 e. The zero-order valence-electron chi connectivity index (χ0n) is 11.7.